The van der Waals surface area contributed by atoms with Crippen molar-refractivity contribution in [1.82, 2.24) is 20.2 Å². The number of aromatic nitrogens is 2. The Morgan fingerprint density at radius 1 is 1.22 bits per heavy atom. The van der Waals surface area contributed by atoms with Gasteiger partial charge in [0.1, 0.15) is 10.7 Å². The van der Waals surface area contributed by atoms with Crippen molar-refractivity contribution in [2.24, 2.45) is 0 Å². The van der Waals surface area contributed by atoms with Gasteiger partial charge in [0.15, 0.2) is 0 Å². The maximum absolute atomic E-state index is 12.9. The van der Waals surface area contributed by atoms with Gasteiger partial charge < -0.3 is 10.3 Å². The number of thiophene rings is 2. The zero-order valence-corrected chi connectivity index (χ0v) is 20.2. The molecule has 1 aromatic carbocycles. The van der Waals surface area contributed by atoms with E-state index in [-0.39, 0.29) is 11.6 Å². The van der Waals surface area contributed by atoms with Gasteiger partial charge in [-0.25, -0.2) is 4.98 Å². The average molecular weight is 485 g/mol. The van der Waals surface area contributed by atoms with Crippen molar-refractivity contribution in [2.75, 3.05) is 13.1 Å². The molecule has 3 aromatic heterocycles. The van der Waals surface area contributed by atoms with Gasteiger partial charge in [-0.3, -0.25) is 9.69 Å². The first-order valence-corrected chi connectivity index (χ1v) is 13.0. The third-order valence-corrected chi connectivity index (χ3v) is 8.08. The van der Waals surface area contributed by atoms with E-state index >= 15 is 0 Å². The zero-order chi connectivity index (χ0) is 22.1. The molecule has 1 aliphatic rings. The molecule has 5 rings (SSSR count). The summed E-state index contributed by atoms with van der Waals surface area (Å²) in [4.78, 5) is 25.1. The van der Waals surface area contributed by atoms with Crippen LogP contribution in [0.25, 0.3) is 20.7 Å². The van der Waals surface area contributed by atoms with Gasteiger partial charge in [-0.1, -0.05) is 29.8 Å². The lowest BCUT2D eigenvalue weighted by molar-refractivity contribution is 0.184. The van der Waals surface area contributed by atoms with Gasteiger partial charge in [-0.15, -0.1) is 22.7 Å². The number of H-pyrrole nitrogens is 1. The van der Waals surface area contributed by atoms with Gasteiger partial charge in [0, 0.05) is 33.4 Å². The Morgan fingerprint density at radius 2 is 2.00 bits per heavy atom. The maximum atomic E-state index is 12.9. The number of piperidine rings is 1. The minimum Gasteiger partial charge on any atom is -0.309 e. The predicted molar refractivity (Wildman–Crippen MR) is 135 cm³/mol. The van der Waals surface area contributed by atoms with E-state index in [1.54, 1.807) is 11.3 Å². The second-order valence-electron chi connectivity index (χ2n) is 8.32. The third-order valence-electron chi connectivity index (χ3n) is 6.05. The van der Waals surface area contributed by atoms with Crippen LogP contribution in [0.5, 0.6) is 0 Å². The molecule has 0 saturated carbocycles. The molecule has 0 amide bonds. The highest BCUT2D eigenvalue weighted by Gasteiger charge is 2.23. The summed E-state index contributed by atoms with van der Waals surface area (Å²) in [6.07, 6.45) is 2.15. The second kappa shape index (κ2) is 9.45. The van der Waals surface area contributed by atoms with Crippen molar-refractivity contribution in [3.8, 4) is 10.4 Å². The fourth-order valence-electron chi connectivity index (χ4n) is 4.32. The Labute approximate surface area is 200 Å². The molecule has 0 spiro atoms. The number of nitrogens with one attached hydrogen (secondary N) is 2. The van der Waals surface area contributed by atoms with Crippen LogP contribution in [-0.4, -0.2) is 34.0 Å². The number of halogens is 1. The smallest absolute Gasteiger partial charge is 0.260 e. The first-order chi connectivity index (χ1) is 15.6. The second-order valence-corrected chi connectivity index (χ2v) is 10.6. The van der Waals surface area contributed by atoms with E-state index in [4.69, 9.17) is 16.6 Å². The highest BCUT2D eigenvalue weighted by molar-refractivity contribution is 7.18. The van der Waals surface area contributed by atoms with E-state index in [2.05, 4.69) is 34.3 Å². The molecule has 166 valence electrons. The molecular weight excluding hydrogens is 460 g/mol. The number of hydrogen-bond acceptors (Lipinski definition) is 6. The molecule has 1 aliphatic heterocycles. The summed E-state index contributed by atoms with van der Waals surface area (Å²) in [7, 11) is 0. The summed E-state index contributed by atoms with van der Waals surface area (Å²) in [6.45, 7) is 5.13. The number of rotatable bonds is 6. The normalized spacial score (nSPS) is 16.6. The van der Waals surface area contributed by atoms with Gasteiger partial charge in [-0.2, -0.15) is 0 Å². The van der Waals surface area contributed by atoms with Crippen LogP contribution in [0.15, 0.2) is 52.0 Å². The number of nitrogens with zero attached hydrogens (tertiary/aromatic N) is 2. The standard InChI is InChI=1S/C24H25ClN4OS2/c1-15(26-18-8-10-29(11-9-18)13-16-4-6-17(25)7-5-16)22-27-23(30)21-19(14-32-24(21)28-22)20-3-2-12-31-20/h2-7,12,14-15,18,26H,8-11,13H2,1H3,(H,27,28,30)/t15-/m1/s1. The fourth-order valence-corrected chi connectivity index (χ4v) is 6.22. The molecule has 32 heavy (non-hydrogen) atoms. The van der Waals surface area contributed by atoms with E-state index in [1.165, 1.54) is 16.9 Å². The Kier molecular flexibility index (Phi) is 6.44. The number of benzene rings is 1. The quantitative estimate of drug-likeness (QED) is 0.369. The SMILES string of the molecule is C[C@@H](NC1CCN(Cc2ccc(Cl)cc2)CC1)c1nc2scc(-c3cccs3)c2c(=O)[nH]1. The number of hydrogen-bond donors (Lipinski definition) is 2. The fraction of sp³-hybridized carbons (Fsp3) is 0.333. The van der Waals surface area contributed by atoms with Crippen LogP contribution in [0, 0.1) is 0 Å². The lowest BCUT2D eigenvalue weighted by atomic mass is 10.0. The Morgan fingerprint density at radius 3 is 2.72 bits per heavy atom. The lowest BCUT2D eigenvalue weighted by Crippen LogP contribution is -2.43. The van der Waals surface area contributed by atoms with Crippen LogP contribution < -0.4 is 10.9 Å². The zero-order valence-electron chi connectivity index (χ0n) is 17.8. The van der Waals surface area contributed by atoms with Crippen molar-refractivity contribution in [1.29, 1.82) is 0 Å². The predicted octanol–water partition coefficient (Wildman–Crippen LogP) is 5.68. The first-order valence-electron chi connectivity index (χ1n) is 10.8. The van der Waals surface area contributed by atoms with Crippen LogP contribution in [0.4, 0.5) is 0 Å². The molecular formula is C24H25ClN4OS2. The molecule has 1 fully saturated rings. The molecule has 5 nitrogen and oxygen atoms in total. The van der Waals surface area contributed by atoms with E-state index in [1.807, 2.05) is 35.0 Å². The minimum atomic E-state index is -0.0546. The molecule has 8 heteroatoms. The third kappa shape index (κ3) is 4.67. The Balaban J connectivity index is 1.22. The van der Waals surface area contributed by atoms with E-state index < -0.39 is 0 Å². The molecule has 0 radical (unpaired) electrons. The Hall–Kier alpha value is -2.03. The van der Waals surface area contributed by atoms with Gasteiger partial charge >= 0.3 is 0 Å². The van der Waals surface area contributed by atoms with Gasteiger partial charge in [0.05, 0.1) is 11.4 Å². The lowest BCUT2D eigenvalue weighted by Gasteiger charge is -2.33. The minimum absolute atomic E-state index is 0.00722. The molecule has 1 atom stereocenters. The molecule has 4 aromatic rings. The molecule has 0 aliphatic carbocycles. The molecule has 0 bridgehead atoms. The van der Waals surface area contributed by atoms with E-state index in [0.29, 0.717) is 17.3 Å². The highest BCUT2D eigenvalue weighted by Crippen LogP contribution is 2.33. The van der Waals surface area contributed by atoms with Crippen LogP contribution in [-0.2, 0) is 6.54 Å². The van der Waals surface area contributed by atoms with Crippen molar-refractivity contribution >= 4 is 44.5 Å². The summed E-state index contributed by atoms with van der Waals surface area (Å²) in [5, 5.41) is 9.23. The van der Waals surface area contributed by atoms with Crippen molar-refractivity contribution in [3.63, 3.8) is 0 Å². The van der Waals surface area contributed by atoms with Crippen LogP contribution in [0.2, 0.25) is 5.02 Å². The summed E-state index contributed by atoms with van der Waals surface area (Å²) >= 11 is 9.17. The summed E-state index contributed by atoms with van der Waals surface area (Å²) in [5.74, 6) is 0.714. The van der Waals surface area contributed by atoms with Crippen LogP contribution in [0.3, 0.4) is 0 Å². The van der Waals surface area contributed by atoms with Gasteiger partial charge in [-0.05, 0) is 62.0 Å². The molecule has 2 N–H and O–H groups in total. The van der Waals surface area contributed by atoms with Crippen molar-refractivity contribution < 1.29 is 0 Å². The van der Waals surface area contributed by atoms with E-state index in [9.17, 15) is 4.79 Å². The first kappa shape index (κ1) is 21.8. The van der Waals surface area contributed by atoms with Crippen LogP contribution >= 0.6 is 34.3 Å². The van der Waals surface area contributed by atoms with Crippen molar-refractivity contribution in [3.05, 3.63) is 73.9 Å². The van der Waals surface area contributed by atoms with Gasteiger partial charge in [0.2, 0.25) is 0 Å². The molecule has 0 unspecified atom stereocenters. The monoisotopic (exact) mass is 484 g/mol. The number of aromatic amines is 1. The highest BCUT2D eigenvalue weighted by atomic mass is 35.5. The Bertz CT molecular complexity index is 1240. The topological polar surface area (TPSA) is 61.0 Å². The summed E-state index contributed by atoms with van der Waals surface area (Å²) < 4.78 is 0. The molecule has 1 saturated heterocycles. The van der Waals surface area contributed by atoms with Gasteiger partial charge in [0.25, 0.3) is 5.56 Å². The largest absolute Gasteiger partial charge is 0.309 e. The average Bonchev–Trinajstić information content (AvgIpc) is 3.46. The number of likely N-dealkylation sites (tertiary alicyclic amines) is 1. The van der Waals surface area contributed by atoms with E-state index in [0.717, 1.165) is 52.8 Å². The number of fused-ring (bicyclic) bond motifs is 1. The molecule has 4 heterocycles. The summed E-state index contributed by atoms with van der Waals surface area (Å²) in [5.41, 5.74) is 2.22. The summed E-state index contributed by atoms with van der Waals surface area (Å²) in [6, 6.07) is 12.6. The van der Waals surface area contributed by atoms with Crippen molar-refractivity contribution in [2.45, 2.75) is 38.4 Å². The van der Waals surface area contributed by atoms with Crippen LogP contribution in [0.1, 0.15) is 37.2 Å². The maximum Gasteiger partial charge on any atom is 0.260 e.